The second-order valence-electron chi connectivity index (χ2n) is 16.9. The van der Waals surface area contributed by atoms with Crippen molar-refractivity contribution in [2.24, 2.45) is 0 Å². The summed E-state index contributed by atoms with van der Waals surface area (Å²) >= 11 is 0. The van der Waals surface area contributed by atoms with E-state index in [4.69, 9.17) is 61.6 Å². The molecule has 26 heteroatoms. The highest BCUT2D eigenvalue weighted by Gasteiger charge is 2.58. The van der Waals surface area contributed by atoms with Gasteiger partial charge in [0.15, 0.2) is 49.4 Å². The van der Waals surface area contributed by atoms with Gasteiger partial charge in [-0.1, -0.05) is 19.8 Å². The van der Waals surface area contributed by atoms with Crippen molar-refractivity contribution in [3.05, 3.63) is 0 Å². The number of esters is 7. The molecule has 3 heterocycles. The monoisotopic (exact) mass is 1020 g/mol. The Balaban J connectivity index is 2.29. The first-order chi connectivity index (χ1) is 33.4. The van der Waals surface area contributed by atoms with E-state index in [2.05, 4.69) is 16.0 Å². The zero-order valence-electron chi connectivity index (χ0n) is 41.9. The zero-order chi connectivity index (χ0) is 53.1. The van der Waals surface area contributed by atoms with Gasteiger partial charge in [0.2, 0.25) is 17.7 Å². The van der Waals surface area contributed by atoms with Crippen LogP contribution in [0.5, 0.6) is 0 Å². The quantitative estimate of drug-likeness (QED) is 0.0643. The lowest BCUT2D eigenvalue weighted by Crippen LogP contribution is -2.71. The van der Waals surface area contributed by atoms with Gasteiger partial charge in [-0.15, -0.1) is 0 Å². The maximum absolute atomic E-state index is 13.2. The van der Waals surface area contributed by atoms with E-state index < -0.39 is 159 Å². The normalized spacial score (nSPS) is 30.3. The lowest BCUT2D eigenvalue weighted by atomic mass is 9.93. The summed E-state index contributed by atoms with van der Waals surface area (Å²) in [5.74, 6) is -7.43. The third-order valence-corrected chi connectivity index (χ3v) is 10.8. The molecule has 0 spiro atoms. The summed E-state index contributed by atoms with van der Waals surface area (Å²) in [6, 6.07) is -3.01. The van der Waals surface area contributed by atoms with Crippen LogP contribution in [-0.2, 0) is 110 Å². The van der Waals surface area contributed by atoms with E-state index >= 15 is 0 Å². The fraction of sp³-hybridized carbons (Fsp3) is 0.778. The van der Waals surface area contributed by atoms with E-state index in [1.54, 1.807) is 6.92 Å². The molecule has 0 bridgehead atoms. The number of hydrogen-bond acceptors (Lipinski definition) is 23. The molecule has 0 aromatic heterocycles. The van der Waals surface area contributed by atoms with Crippen molar-refractivity contribution < 1.29 is 110 Å². The average molecular weight is 1020 g/mol. The van der Waals surface area contributed by atoms with Gasteiger partial charge in [-0.05, 0) is 19.8 Å². The highest BCUT2D eigenvalue weighted by atomic mass is 16.8. The number of ether oxygens (including phenoxy) is 13. The predicted octanol–water partition coefficient (Wildman–Crippen LogP) is -0.151. The molecule has 3 aliphatic heterocycles. The minimum Gasteiger partial charge on any atom is -0.463 e. The van der Waals surface area contributed by atoms with Crippen LogP contribution in [0, 0.1) is 0 Å². The Labute approximate surface area is 411 Å². The van der Waals surface area contributed by atoms with Crippen LogP contribution in [0.25, 0.3) is 0 Å². The van der Waals surface area contributed by atoms with Crippen molar-refractivity contribution in [3.63, 3.8) is 0 Å². The molecule has 402 valence electrons. The number of unbranched alkanes of at least 4 members (excludes halogenated alkanes) is 3. The first-order valence-corrected chi connectivity index (χ1v) is 23.2. The first-order valence-electron chi connectivity index (χ1n) is 23.2. The Hall–Kier alpha value is -5.54. The number of hydrogen-bond donors (Lipinski definition) is 3. The van der Waals surface area contributed by atoms with Gasteiger partial charge in [-0.25, -0.2) is 0 Å². The molecule has 15 atom stereocenters. The maximum Gasteiger partial charge on any atom is 0.303 e. The van der Waals surface area contributed by atoms with E-state index in [9.17, 15) is 47.9 Å². The van der Waals surface area contributed by atoms with Crippen LogP contribution in [-0.4, -0.2) is 178 Å². The molecule has 26 nitrogen and oxygen atoms in total. The third-order valence-electron chi connectivity index (χ3n) is 10.8. The van der Waals surface area contributed by atoms with Crippen LogP contribution >= 0.6 is 0 Å². The fourth-order valence-corrected chi connectivity index (χ4v) is 8.02. The Morgan fingerprint density at radius 3 is 1.42 bits per heavy atom. The van der Waals surface area contributed by atoms with Gasteiger partial charge < -0.3 is 77.5 Å². The van der Waals surface area contributed by atoms with Crippen molar-refractivity contribution >= 4 is 59.5 Å². The zero-order valence-corrected chi connectivity index (χ0v) is 41.9. The van der Waals surface area contributed by atoms with E-state index in [-0.39, 0.29) is 12.5 Å². The maximum atomic E-state index is 13.2. The van der Waals surface area contributed by atoms with Crippen molar-refractivity contribution in [2.45, 2.75) is 200 Å². The van der Waals surface area contributed by atoms with Crippen LogP contribution < -0.4 is 16.0 Å². The van der Waals surface area contributed by atoms with Crippen LogP contribution in [0.2, 0.25) is 0 Å². The Morgan fingerprint density at radius 2 is 0.901 bits per heavy atom. The predicted molar refractivity (Wildman–Crippen MR) is 235 cm³/mol. The number of carbonyl (C=O) groups is 10. The SMILES string of the molecule is CCC(=O)NCCCCCCO[C@@H]1O[C@H](COC(C)=O)[C@@H](O[C@@H]2O[C@H](COC(C)=O)[C@@H](OC(C)=O)[C@H](OC(C)=O)[C@H]2NC(C)=O)[C@H](O[C@@H]2O[C@@H](C)[C@@H](OC(C)=O)[C@@H](OC(C)=O)[C@@H]2OC(C)=O)[C@H]1NC(C)=O. The molecule has 0 radical (unpaired) electrons. The van der Waals surface area contributed by atoms with Gasteiger partial charge >= 0.3 is 41.8 Å². The Morgan fingerprint density at radius 1 is 0.451 bits per heavy atom. The minimum atomic E-state index is -1.81. The van der Waals surface area contributed by atoms with Gasteiger partial charge in [-0.3, -0.25) is 47.9 Å². The van der Waals surface area contributed by atoms with E-state index in [1.165, 1.54) is 13.8 Å². The molecule has 3 rings (SSSR count). The van der Waals surface area contributed by atoms with Crippen LogP contribution in [0.4, 0.5) is 0 Å². The molecule has 0 aliphatic carbocycles. The largest absolute Gasteiger partial charge is 0.463 e. The van der Waals surface area contributed by atoms with Crippen LogP contribution in [0.1, 0.15) is 108 Å². The van der Waals surface area contributed by atoms with Gasteiger partial charge in [0.25, 0.3) is 0 Å². The summed E-state index contributed by atoms with van der Waals surface area (Å²) in [7, 11) is 0. The molecule has 0 aromatic carbocycles. The molecule has 3 N–H and O–H groups in total. The number of nitrogens with one attached hydrogen (secondary N) is 3. The van der Waals surface area contributed by atoms with Crippen LogP contribution in [0.15, 0.2) is 0 Å². The summed E-state index contributed by atoms with van der Waals surface area (Å²) in [5, 5.41) is 8.16. The highest BCUT2D eigenvalue weighted by Crippen LogP contribution is 2.37. The van der Waals surface area contributed by atoms with Crippen molar-refractivity contribution in [1.82, 2.24) is 16.0 Å². The Bertz CT molecular complexity index is 1870. The molecule has 0 unspecified atom stereocenters. The first kappa shape index (κ1) is 59.8. The summed E-state index contributed by atoms with van der Waals surface area (Å²) in [5.41, 5.74) is 0. The number of carbonyl (C=O) groups excluding carboxylic acids is 10. The van der Waals surface area contributed by atoms with Crippen molar-refractivity contribution in [2.75, 3.05) is 26.4 Å². The smallest absolute Gasteiger partial charge is 0.303 e. The average Bonchev–Trinajstić information content (AvgIpc) is 3.25. The standard InChI is InChI=1S/C45H69N3O23/c1-12-33(58)46-17-15-13-14-16-18-59-43-34(47-22(3)49)40(71-45-42(67-30(11)57)41(66-29(10)56)36(21(2)62-45)63-26(7)53)38(32(68-43)20-61-25(6)52)70-44-35(48-23(4)50)39(65-28(9)55)37(64-27(8)54)31(69-44)19-60-24(5)51/h21,31-32,34-45H,12-20H2,1-11H3,(H,46,58)(H,47,49)(H,48,50)/t21-,31+,32+,34+,35+,36+,37+,38+,39+,40+,41+,42-,43+,44-,45-/m0/s1. The minimum absolute atomic E-state index is 0.0159. The van der Waals surface area contributed by atoms with Gasteiger partial charge in [0, 0.05) is 81.9 Å². The van der Waals surface area contributed by atoms with E-state index in [0.717, 1.165) is 55.4 Å². The molecule has 3 saturated heterocycles. The third kappa shape index (κ3) is 19.5. The van der Waals surface area contributed by atoms with E-state index in [0.29, 0.717) is 38.6 Å². The number of rotatable bonds is 24. The van der Waals surface area contributed by atoms with Crippen LogP contribution in [0.3, 0.4) is 0 Å². The second kappa shape index (κ2) is 29.1. The summed E-state index contributed by atoms with van der Waals surface area (Å²) < 4.78 is 77.4. The van der Waals surface area contributed by atoms with Gasteiger partial charge in [-0.2, -0.15) is 0 Å². The lowest BCUT2D eigenvalue weighted by molar-refractivity contribution is -0.366. The molecular formula is C45H69N3O23. The summed E-state index contributed by atoms with van der Waals surface area (Å²) in [6.07, 6.45) is -17.5. The highest BCUT2D eigenvalue weighted by molar-refractivity contribution is 5.75. The molecule has 3 amide bonds. The summed E-state index contributed by atoms with van der Waals surface area (Å²) in [4.78, 5) is 125. The van der Waals surface area contributed by atoms with Crippen molar-refractivity contribution in [3.8, 4) is 0 Å². The molecular weight excluding hydrogens is 950 g/mol. The van der Waals surface area contributed by atoms with E-state index in [1.807, 2.05) is 0 Å². The fourth-order valence-electron chi connectivity index (χ4n) is 8.02. The topological polar surface area (TPSA) is 327 Å². The van der Waals surface area contributed by atoms with Crippen molar-refractivity contribution in [1.29, 1.82) is 0 Å². The number of amides is 3. The molecule has 3 fully saturated rings. The molecule has 3 aliphatic rings. The van der Waals surface area contributed by atoms with Gasteiger partial charge in [0.05, 0.1) is 6.10 Å². The molecule has 71 heavy (non-hydrogen) atoms. The molecule has 0 saturated carbocycles. The van der Waals surface area contributed by atoms with Gasteiger partial charge in [0.1, 0.15) is 49.7 Å². The summed E-state index contributed by atoms with van der Waals surface area (Å²) in [6.45, 7) is 12.2. The molecule has 0 aromatic rings. The second-order valence-corrected chi connectivity index (χ2v) is 16.9. The Kier molecular flexibility index (Phi) is 24.5. The lowest BCUT2D eigenvalue weighted by Gasteiger charge is -2.51.